The van der Waals surface area contributed by atoms with Crippen LogP contribution in [0.1, 0.15) is 20.8 Å². The molecule has 0 aliphatic heterocycles. The van der Waals surface area contributed by atoms with Gasteiger partial charge in [-0.15, -0.1) is 0 Å². The Hall–Kier alpha value is -0.660. The highest BCUT2D eigenvalue weighted by atomic mass is 16.2. The summed E-state index contributed by atoms with van der Waals surface area (Å²) in [6.07, 6.45) is 0.361. The molecule has 0 amide bonds. The summed E-state index contributed by atoms with van der Waals surface area (Å²) >= 11 is 0. The Morgan fingerprint density at radius 3 is 1.75 bits per heavy atom. The van der Waals surface area contributed by atoms with Crippen LogP contribution in [0.25, 0.3) is 0 Å². The lowest BCUT2D eigenvalue weighted by atomic mass is 9.92. The Morgan fingerprint density at radius 2 is 1.75 bits per heavy atom. The van der Waals surface area contributed by atoms with Crippen LogP contribution in [-0.2, 0) is 9.59 Å². The first-order chi connectivity index (χ1) is 3.48. The van der Waals surface area contributed by atoms with E-state index in [2.05, 4.69) is 0 Å². The van der Waals surface area contributed by atoms with E-state index in [0.29, 0.717) is 6.29 Å². The Kier molecular flexibility index (Phi) is 1.90. The number of ketones is 1. The Bertz CT molecular complexity index is 108. The average Bonchev–Trinajstić information content (AvgIpc) is 1.62. The Morgan fingerprint density at radius 1 is 1.38 bits per heavy atom. The van der Waals surface area contributed by atoms with Crippen molar-refractivity contribution in [1.82, 2.24) is 0 Å². The molecule has 0 aromatic carbocycles. The molecule has 0 heterocycles. The van der Waals surface area contributed by atoms with Crippen molar-refractivity contribution >= 4 is 12.1 Å². The van der Waals surface area contributed by atoms with Crippen molar-refractivity contribution in [2.24, 2.45) is 5.41 Å². The summed E-state index contributed by atoms with van der Waals surface area (Å²) in [5, 5.41) is 0. The molecule has 2 nitrogen and oxygen atoms in total. The molecule has 0 saturated carbocycles. The smallest absolute Gasteiger partial charge is 0.200 e. The van der Waals surface area contributed by atoms with E-state index in [4.69, 9.17) is 0 Å². The number of carbonyl (C=O) groups is 2. The molecule has 0 spiro atoms. The molecule has 0 rings (SSSR count). The van der Waals surface area contributed by atoms with Crippen molar-refractivity contribution in [2.45, 2.75) is 20.8 Å². The van der Waals surface area contributed by atoms with Crippen molar-refractivity contribution in [1.29, 1.82) is 0 Å². The number of rotatable bonds is 1. The van der Waals surface area contributed by atoms with Gasteiger partial charge in [0.1, 0.15) is 0 Å². The van der Waals surface area contributed by atoms with Crippen LogP contribution in [0.15, 0.2) is 0 Å². The molecule has 0 aliphatic rings. The third kappa shape index (κ3) is 1.87. The maximum Gasteiger partial charge on any atom is 0.200 e. The number of hydrogen-bond donors (Lipinski definition) is 0. The normalized spacial score (nSPS) is 10.9. The molecule has 0 bridgehead atoms. The molecular formula is C6H10O2. The Balaban J connectivity index is 4.02. The molecule has 2 heteroatoms. The van der Waals surface area contributed by atoms with Crippen molar-refractivity contribution in [2.75, 3.05) is 0 Å². The standard InChI is InChI=1S/C6H10O2/c1-6(2,3)5(8)4-7/h4H,1-3H3. The molecule has 46 valence electrons. The third-order valence-corrected chi connectivity index (χ3v) is 0.846. The van der Waals surface area contributed by atoms with E-state index in [1.807, 2.05) is 0 Å². The van der Waals surface area contributed by atoms with Gasteiger partial charge in [0.2, 0.25) is 0 Å². The lowest BCUT2D eigenvalue weighted by molar-refractivity contribution is -0.135. The summed E-state index contributed by atoms with van der Waals surface area (Å²) in [7, 11) is 0. The fourth-order valence-electron chi connectivity index (χ4n) is 0.177. The maximum absolute atomic E-state index is 10.5. The van der Waals surface area contributed by atoms with E-state index in [1.165, 1.54) is 0 Å². The summed E-state index contributed by atoms with van der Waals surface area (Å²) in [5.74, 6) is -0.350. The van der Waals surface area contributed by atoms with Crippen LogP contribution >= 0.6 is 0 Å². The van der Waals surface area contributed by atoms with Gasteiger partial charge in [0.05, 0.1) is 0 Å². The van der Waals surface area contributed by atoms with Crippen LogP contribution in [0.2, 0.25) is 0 Å². The molecule has 0 aliphatic carbocycles. The second-order valence-electron chi connectivity index (χ2n) is 2.73. The van der Waals surface area contributed by atoms with Gasteiger partial charge in [0.25, 0.3) is 0 Å². The molecule has 8 heavy (non-hydrogen) atoms. The lowest BCUT2D eigenvalue weighted by Gasteiger charge is -2.10. The Labute approximate surface area is 48.9 Å². The highest BCUT2D eigenvalue weighted by Gasteiger charge is 2.19. The van der Waals surface area contributed by atoms with E-state index < -0.39 is 5.41 Å². The lowest BCUT2D eigenvalue weighted by Crippen LogP contribution is -2.20. The largest absolute Gasteiger partial charge is 0.295 e. The molecule has 0 unspecified atom stereocenters. The number of Topliss-reactive ketones (excluding diaryl/α,β-unsaturated/α-hetero) is 1. The molecule has 0 aromatic heterocycles. The summed E-state index contributed by atoms with van der Waals surface area (Å²) in [4.78, 5) is 20.3. The van der Waals surface area contributed by atoms with Crippen LogP contribution in [0, 0.1) is 5.41 Å². The van der Waals surface area contributed by atoms with Crippen LogP contribution < -0.4 is 0 Å². The van der Waals surface area contributed by atoms with Crippen molar-refractivity contribution < 1.29 is 9.59 Å². The average molecular weight is 114 g/mol. The van der Waals surface area contributed by atoms with E-state index in [0.717, 1.165) is 0 Å². The first-order valence-electron chi connectivity index (χ1n) is 2.48. The predicted octanol–water partition coefficient (Wildman–Crippen LogP) is 0.800. The monoisotopic (exact) mass is 114 g/mol. The van der Waals surface area contributed by atoms with Crippen molar-refractivity contribution in [3.05, 3.63) is 0 Å². The molecule has 0 aromatic rings. The van der Waals surface area contributed by atoms with Gasteiger partial charge in [0, 0.05) is 5.41 Å². The molecular weight excluding hydrogens is 104 g/mol. The van der Waals surface area contributed by atoms with Crippen LogP contribution in [0.4, 0.5) is 0 Å². The number of carbonyl (C=O) groups excluding carboxylic acids is 2. The van der Waals surface area contributed by atoms with E-state index in [9.17, 15) is 9.59 Å². The summed E-state index contributed by atoms with van der Waals surface area (Å²) < 4.78 is 0. The zero-order valence-corrected chi connectivity index (χ0v) is 5.39. The maximum atomic E-state index is 10.5. The quantitative estimate of drug-likeness (QED) is 0.373. The first kappa shape index (κ1) is 7.34. The molecule has 0 atom stereocenters. The summed E-state index contributed by atoms with van der Waals surface area (Å²) in [5.41, 5.74) is -0.498. The molecule has 0 fully saturated rings. The fraction of sp³-hybridized carbons (Fsp3) is 0.667. The van der Waals surface area contributed by atoms with Crippen LogP contribution in [-0.4, -0.2) is 12.1 Å². The van der Waals surface area contributed by atoms with Gasteiger partial charge in [-0.3, -0.25) is 9.59 Å². The number of hydrogen-bond acceptors (Lipinski definition) is 2. The summed E-state index contributed by atoms with van der Waals surface area (Å²) in [6.45, 7) is 5.14. The zero-order valence-electron chi connectivity index (χ0n) is 5.39. The van der Waals surface area contributed by atoms with Crippen molar-refractivity contribution in [3.8, 4) is 0 Å². The predicted molar refractivity (Wildman–Crippen MR) is 30.5 cm³/mol. The highest BCUT2D eigenvalue weighted by Crippen LogP contribution is 2.11. The minimum Gasteiger partial charge on any atom is -0.295 e. The molecule has 0 radical (unpaired) electrons. The third-order valence-electron chi connectivity index (χ3n) is 0.846. The minimum atomic E-state index is -0.498. The van der Waals surface area contributed by atoms with Gasteiger partial charge in [0.15, 0.2) is 12.1 Å². The van der Waals surface area contributed by atoms with Gasteiger partial charge in [-0.1, -0.05) is 20.8 Å². The zero-order chi connectivity index (χ0) is 6.78. The second kappa shape index (κ2) is 2.07. The van der Waals surface area contributed by atoms with Crippen LogP contribution in [0.3, 0.4) is 0 Å². The second-order valence-corrected chi connectivity index (χ2v) is 2.73. The topological polar surface area (TPSA) is 34.1 Å². The van der Waals surface area contributed by atoms with Crippen LogP contribution in [0.5, 0.6) is 0 Å². The van der Waals surface area contributed by atoms with E-state index in [1.54, 1.807) is 20.8 Å². The van der Waals surface area contributed by atoms with E-state index >= 15 is 0 Å². The molecule has 0 N–H and O–H groups in total. The summed E-state index contributed by atoms with van der Waals surface area (Å²) in [6, 6.07) is 0. The van der Waals surface area contributed by atoms with Gasteiger partial charge in [-0.05, 0) is 0 Å². The number of aldehydes is 1. The van der Waals surface area contributed by atoms with Gasteiger partial charge >= 0.3 is 0 Å². The highest BCUT2D eigenvalue weighted by molar-refractivity contribution is 6.27. The SMILES string of the molecule is CC(C)(C)C(=O)C=O. The first-order valence-corrected chi connectivity index (χ1v) is 2.48. The molecule has 0 saturated heterocycles. The fourth-order valence-corrected chi connectivity index (χ4v) is 0.177. The van der Waals surface area contributed by atoms with Gasteiger partial charge in [-0.25, -0.2) is 0 Å². The van der Waals surface area contributed by atoms with Crippen molar-refractivity contribution in [3.63, 3.8) is 0 Å². The van der Waals surface area contributed by atoms with Gasteiger partial charge in [-0.2, -0.15) is 0 Å². The van der Waals surface area contributed by atoms with Gasteiger partial charge < -0.3 is 0 Å². The minimum absolute atomic E-state index is 0.350. The van der Waals surface area contributed by atoms with E-state index in [-0.39, 0.29) is 5.78 Å².